The fourth-order valence-electron chi connectivity index (χ4n) is 1.49. The first-order chi connectivity index (χ1) is 8.04. The van der Waals surface area contributed by atoms with E-state index in [0.717, 1.165) is 12.0 Å². The summed E-state index contributed by atoms with van der Waals surface area (Å²) in [5.41, 5.74) is 6.66. The number of phenols is 1. The molecule has 0 spiro atoms. The van der Waals surface area contributed by atoms with Crippen LogP contribution in [0.25, 0.3) is 0 Å². The van der Waals surface area contributed by atoms with Gasteiger partial charge in [0, 0.05) is 6.54 Å². The first-order valence-corrected chi connectivity index (χ1v) is 5.85. The Kier molecular flexibility index (Phi) is 4.97. The SMILES string of the molecule is CCC(C)[C@H](N)C(=O)NCc1cccc(O)c1. The predicted molar refractivity (Wildman–Crippen MR) is 67.4 cm³/mol. The van der Waals surface area contributed by atoms with E-state index < -0.39 is 6.04 Å². The van der Waals surface area contributed by atoms with Gasteiger partial charge in [0.25, 0.3) is 0 Å². The number of aromatic hydroxyl groups is 1. The molecule has 0 saturated heterocycles. The quantitative estimate of drug-likeness (QED) is 0.723. The van der Waals surface area contributed by atoms with E-state index in [9.17, 15) is 9.90 Å². The number of benzene rings is 1. The Morgan fingerprint density at radius 3 is 2.82 bits per heavy atom. The van der Waals surface area contributed by atoms with Crippen molar-refractivity contribution in [1.29, 1.82) is 0 Å². The van der Waals surface area contributed by atoms with Crippen LogP contribution < -0.4 is 11.1 Å². The van der Waals surface area contributed by atoms with Crippen molar-refractivity contribution in [2.45, 2.75) is 32.9 Å². The van der Waals surface area contributed by atoms with Crippen LogP contribution in [-0.2, 0) is 11.3 Å². The van der Waals surface area contributed by atoms with Crippen LogP contribution in [0.5, 0.6) is 5.75 Å². The topological polar surface area (TPSA) is 75.4 Å². The second kappa shape index (κ2) is 6.25. The van der Waals surface area contributed by atoms with Crippen LogP contribution in [0.2, 0.25) is 0 Å². The van der Waals surface area contributed by atoms with Crippen molar-refractivity contribution in [1.82, 2.24) is 5.32 Å². The average Bonchev–Trinajstić information content (AvgIpc) is 2.34. The van der Waals surface area contributed by atoms with Gasteiger partial charge in [-0.25, -0.2) is 0 Å². The lowest BCUT2D eigenvalue weighted by atomic mass is 9.99. The maximum absolute atomic E-state index is 11.7. The molecular weight excluding hydrogens is 216 g/mol. The van der Waals surface area contributed by atoms with Gasteiger partial charge in [-0.05, 0) is 23.6 Å². The first-order valence-electron chi connectivity index (χ1n) is 5.85. The van der Waals surface area contributed by atoms with E-state index in [-0.39, 0.29) is 17.6 Å². The molecule has 0 heterocycles. The van der Waals surface area contributed by atoms with Gasteiger partial charge < -0.3 is 16.2 Å². The lowest BCUT2D eigenvalue weighted by Gasteiger charge is -2.17. The van der Waals surface area contributed by atoms with Crippen LogP contribution in [-0.4, -0.2) is 17.1 Å². The number of hydrogen-bond donors (Lipinski definition) is 3. The molecule has 2 atom stereocenters. The van der Waals surface area contributed by atoms with Gasteiger partial charge in [0.15, 0.2) is 0 Å². The summed E-state index contributed by atoms with van der Waals surface area (Å²) in [6.45, 7) is 4.35. The zero-order chi connectivity index (χ0) is 12.8. The Morgan fingerprint density at radius 2 is 2.24 bits per heavy atom. The Bertz CT molecular complexity index is 379. The van der Waals surface area contributed by atoms with Crippen molar-refractivity contribution in [3.63, 3.8) is 0 Å². The van der Waals surface area contributed by atoms with E-state index in [1.54, 1.807) is 18.2 Å². The molecule has 0 radical (unpaired) electrons. The fraction of sp³-hybridized carbons (Fsp3) is 0.462. The second-order valence-electron chi connectivity index (χ2n) is 4.30. The van der Waals surface area contributed by atoms with Crippen molar-refractivity contribution in [3.05, 3.63) is 29.8 Å². The van der Waals surface area contributed by atoms with Crippen LogP contribution in [0.3, 0.4) is 0 Å². The highest BCUT2D eigenvalue weighted by Gasteiger charge is 2.18. The molecule has 1 rings (SSSR count). The Hall–Kier alpha value is -1.55. The number of amides is 1. The molecule has 0 fully saturated rings. The lowest BCUT2D eigenvalue weighted by molar-refractivity contribution is -0.123. The summed E-state index contributed by atoms with van der Waals surface area (Å²) in [6, 6.07) is 6.32. The van der Waals surface area contributed by atoms with Gasteiger partial charge in [0.05, 0.1) is 6.04 Å². The van der Waals surface area contributed by atoms with E-state index in [1.165, 1.54) is 0 Å². The van der Waals surface area contributed by atoms with Crippen LogP contribution in [0, 0.1) is 5.92 Å². The van der Waals surface area contributed by atoms with E-state index in [1.807, 2.05) is 19.9 Å². The van der Waals surface area contributed by atoms with Crippen LogP contribution >= 0.6 is 0 Å². The summed E-state index contributed by atoms with van der Waals surface area (Å²) >= 11 is 0. The number of nitrogens with two attached hydrogens (primary N) is 1. The van der Waals surface area contributed by atoms with Gasteiger partial charge in [-0.15, -0.1) is 0 Å². The largest absolute Gasteiger partial charge is 0.508 e. The Balaban J connectivity index is 2.48. The molecule has 17 heavy (non-hydrogen) atoms. The smallest absolute Gasteiger partial charge is 0.237 e. The molecule has 4 N–H and O–H groups in total. The second-order valence-corrected chi connectivity index (χ2v) is 4.30. The molecule has 0 aliphatic rings. The number of carbonyl (C=O) groups is 1. The number of carbonyl (C=O) groups excluding carboxylic acids is 1. The standard InChI is InChI=1S/C13H20N2O2/c1-3-9(2)12(14)13(17)15-8-10-5-4-6-11(16)7-10/h4-7,9,12,16H,3,8,14H2,1-2H3,(H,15,17)/t9?,12-/m0/s1. The zero-order valence-corrected chi connectivity index (χ0v) is 10.3. The van der Waals surface area contributed by atoms with Crippen LogP contribution in [0.1, 0.15) is 25.8 Å². The predicted octanol–water partition coefficient (Wildman–Crippen LogP) is 1.38. The molecule has 0 aromatic heterocycles. The molecule has 1 aromatic rings. The minimum atomic E-state index is -0.475. The highest BCUT2D eigenvalue weighted by atomic mass is 16.3. The number of hydrogen-bond acceptors (Lipinski definition) is 3. The highest BCUT2D eigenvalue weighted by molar-refractivity contribution is 5.81. The van der Waals surface area contributed by atoms with Gasteiger partial charge >= 0.3 is 0 Å². The van der Waals surface area contributed by atoms with Gasteiger partial charge in [-0.1, -0.05) is 32.4 Å². The third-order valence-electron chi connectivity index (χ3n) is 2.94. The van der Waals surface area contributed by atoms with Crippen LogP contribution in [0.15, 0.2) is 24.3 Å². The van der Waals surface area contributed by atoms with E-state index in [0.29, 0.717) is 6.54 Å². The number of rotatable bonds is 5. The third-order valence-corrected chi connectivity index (χ3v) is 2.94. The summed E-state index contributed by atoms with van der Waals surface area (Å²) in [6.07, 6.45) is 0.876. The highest BCUT2D eigenvalue weighted by Crippen LogP contribution is 2.11. The molecule has 4 nitrogen and oxygen atoms in total. The van der Waals surface area contributed by atoms with Crippen LogP contribution in [0.4, 0.5) is 0 Å². The molecule has 0 aliphatic heterocycles. The maximum Gasteiger partial charge on any atom is 0.237 e. The van der Waals surface area contributed by atoms with Gasteiger partial charge in [0.2, 0.25) is 5.91 Å². The molecule has 0 aliphatic carbocycles. The number of phenolic OH excluding ortho intramolecular Hbond substituents is 1. The maximum atomic E-state index is 11.7. The summed E-state index contributed by atoms with van der Waals surface area (Å²) in [5.74, 6) is 0.213. The van der Waals surface area contributed by atoms with E-state index in [2.05, 4.69) is 5.32 Å². The minimum Gasteiger partial charge on any atom is -0.508 e. The molecule has 0 saturated carbocycles. The molecule has 1 aromatic carbocycles. The third kappa shape index (κ3) is 4.07. The monoisotopic (exact) mass is 236 g/mol. The summed E-state index contributed by atoms with van der Waals surface area (Å²) in [4.78, 5) is 11.7. The molecule has 0 bridgehead atoms. The first kappa shape index (κ1) is 13.5. The fourth-order valence-corrected chi connectivity index (χ4v) is 1.49. The summed E-state index contributed by atoms with van der Waals surface area (Å²) < 4.78 is 0. The molecule has 4 heteroatoms. The molecular formula is C13H20N2O2. The van der Waals surface area contributed by atoms with Crippen molar-refractivity contribution in [3.8, 4) is 5.75 Å². The van der Waals surface area contributed by atoms with Crippen molar-refractivity contribution >= 4 is 5.91 Å². The minimum absolute atomic E-state index is 0.150. The van der Waals surface area contributed by atoms with E-state index in [4.69, 9.17) is 5.73 Å². The Morgan fingerprint density at radius 1 is 1.53 bits per heavy atom. The average molecular weight is 236 g/mol. The van der Waals surface area contributed by atoms with Gasteiger partial charge in [0.1, 0.15) is 5.75 Å². The van der Waals surface area contributed by atoms with Gasteiger partial charge in [-0.3, -0.25) is 4.79 Å². The summed E-state index contributed by atoms with van der Waals surface area (Å²) in [5, 5.41) is 12.0. The Labute approximate surface area is 102 Å². The lowest BCUT2D eigenvalue weighted by Crippen LogP contribution is -2.44. The molecule has 94 valence electrons. The molecule has 1 unspecified atom stereocenters. The normalized spacial score (nSPS) is 14.1. The van der Waals surface area contributed by atoms with Crippen molar-refractivity contribution < 1.29 is 9.90 Å². The van der Waals surface area contributed by atoms with E-state index >= 15 is 0 Å². The summed E-state index contributed by atoms with van der Waals surface area (Å²) in [7, 11) is 0. The number of nitrogens with one attached hydrogen (secondary N) is 1. The molecule has 1 amide bonds. The van der Waals surface area contributed by atoms with Gasteiger partial charge in [-0.2, -0.15) is 0 Å². The van der Waals surface area contributed by atoms with Crippen molar-refractivity contribution in [2.75, 3.05) is 0 Å². The van der Waals surface area contributed by atoms with Crippen molar-refractivity contribution in [2.24, 2.45) is 11.7 Å². The zero-order valence-electron chi connectivity index (χ0n) is 10.3.